The minimum Gasteiger partial charge on any atom is -0.465 e. The van der Waals surface area contributed by atoms with E-state index >= 15 is 0 Å². The van der Waals surface area contributed by atoms with Gasteiger partial charge in [0, 0.05) is 11.8 Å². The van der Waals surface area contributed by atoms with Gasteiger partial charge in [0.05, 0.1) is 11.8 Å². The quantitative estimate of drug-likeness (QED) is 0.704. The number of hydrogen-bond acceptors (Lipinski definition) is 2. The number of anilines is 1. The first-order valence-electron chi connectivity index (χ1n) is 7.20. The normalized spacial score (nSPS) is 11.3. The molecular formula is C19H13F2NO2. The lowest BCUT2D eigenvalue weighted by Crippen LogP contribution is -2.14. The maximum absolute atomic E-state index is 13.3. The molecule has 0 atom stereocenters. The topological polar surface area (TPSA) is 42.2 Å². The highest BCUT2D eigenvalue weighted by molar-refractivity contribution is 6.29. The molecule has 0 unspecified atom stereocenters. The van der Waals surface area contributed by atoms with E-state index in [1.807, 2.05) is 6.07 Å². The van der Waals surface area contributed by atoms with Crippen molar-refractivity contribution in [3.05, 3.63) is 89.9 Å². The molecule has 2 aromatic carbocycles. The fourth-order valence-corrected chi connectivity index (χ4v) is 2.19. The van der Waals surface area contributed by atoms with Crippen LogP contribution in [0.4, 0.5) is 14.5 Å². The number of benzene rings is 2. The Hall–Kier alpha value is -3.21. The van der Waals surface area contributed by atoms with Crippen LogP contribution in [-0.2, 0) is 4.79 Å². The van der Waals surface area contributed by atoms with Crippen molar-refractivity contribution in [2.75, 3.05) is 5.32 Å². The highest BCUT2D eigenvalue weighted by atomic mass is 19.2. The summed E-state index contributed by atoms with van der Waals surface area (Å²) < 4.78 is 31.6. The molecule has 1 amide bonds. The largest absolute Gasteiger partial charge is 0.465 e. The van der Waals surface area contributed by atoms with E-state index in [1.165, 1.54) is 12.3 Å². The molecule has 0 fully saturated rings. The summed E-state index contributed by atoms with van der Waals surface area (Å²) in [6, 6.07) is 15.6. The molecule has 3 nitrogen and oxygen atoms in total. The Morgan fingerprint density at radius 1 is 0.958 bits per heavy atom. The summed E-state index contributed by atoms with van der Waals surface area (Å²) in [7, 11) is 0. The maximum atomic E-state index is 13.3. The predicted octanol–water partition coefficient (Wildman–Crippen LogP) is 4.74. The zero-order valence-electron chi connectivity index (χ0n) is 12.5. The fourth-order valence-electron chi connectivity index (χ4n) is 2.19. The van der Waals surface area contributed by atoms with E-state index in [0.717, 1.165) is 12.1 Å². The summed E-state index contributed by atoms with van der Waals surface area (Å²) in [6.07, 6.45) is 3.09. The van der Waals surface area contributed by atoms with Crippen LogP contribution in [0.25, 0.3) is 11.6 Å². The van der Waals surface area contributed by atoms with Gasteiger partial charge in [-0.1, -0.05) is 30.3 Å². The van der Waals surface area contributed by atoms with Crippen LogP contribution < -0.4 is 5.32 Å². The first-order valence-corrected chi connectivity index (χ1v) is 7.20. The lowest BCUT2D eigenvalue weighted by Gasteiger charge is -2.09. The Bertz CT molecular complexity index is 872. The molecule has 0 aliphatic rings. The number of hydrogen-bond donors (Lipinski definition) is 1. The third-order valence-corrected chi connectivity index (χ3v) is 3.34. The zero-order valence-corrected chi connectivity index (χ0v) is 12.5. The predicted molar refractivity (Wildman–Crippen MR) is 88.0 cm³/mol. The number of nitrogens with one attached hydrogen (secondary N) is 1. The summed E-state index contributed by atoms with van der Waals surface area (Å²) in [5, 5.41) is 2.57. The van der Waals surface area contributed by atoms with Crippen molar-refractivity contribution in [1.82, 2.24) is 0 Å². The van der Waals surface area contributed by atoms with Crippen LogP contribution in [0.2, 0.25) is 0 Å². The Morgan fingerprint density at radius 3 is 2.42 bits per heavy atom. The molecule has 0 aliphatic carbocycles. The summed E-state index contributed by atoms with van der Waals surface area (Å²) in [4.78, 5) is 12.6. The monoisotopic (exact) mass is 325 g/mol. The van der Waals surface area contributed by atoms with E-state index in [1.54, 1.807) is 42.5 Å². The van der Waals surface area contributed by atoms with Crippen LogP contribution >= 0.6 is 0 Å². The number of halogens is 2. The molecule has 0 bridgehead atoms. The first kappa shape index (κ1) is 15.7. The smallest absolute Gasteiger partial charge is 0.256 e. The van der Waals surface area contributed by atoms with E-state index in [9.17, 15) is 13.6 Å². The standard InChI is InChI=1S/C19H13F2NO2/c20-17-9-8-14(11-18(17)21)22-19(23)16(12-15-7-4-10-24-15)13-5-2-1-3-6-13/h1-12H,(H,22,23)/b16-12-. The molecule has 0 saturated carbocycles. The molecule has 0 spiro atoms. The van der Waals surface area contributed by atoms with Gasteiger partial charge in [0.25, 0.3) is 5.91 Å². The number of furan rings is 1. The van der Waals surface area contributed by atoms with Gasteiger partial charge in [-0.25, -0.2) is 8.78 Å². The molecular weight excluding hydrogens is 312 g/mol. The highest BCUT2D eigenvalue weighted by Gasteiger charge is 2.14. The van der Waals surface area contributed by atoms with Crippen molar-refractivity contribution in [2.24, 2.45) is 0 Å². The molecule has 0 radical (unpaired) electrons. The van der Waals surface area contributed by atoms with Gasteiger partial charge >= 0.3 is 0 Å². The Labute approximate surface area is 137 Å². The van der Waals surface area contributed by atoms with Crippen molar-refractivity contribution >= 4 is 23.2 Å². The molecule has 120 valence electrons. The molecule has 1 N–H and O–H groups in total. The highest BCUT2D eigenvalue weighted by Crippen LogP contribution is 2.21. The van der Waals surface area contributed by atoms with Gasteiger partial charge in [-0.15, -0.1) is 0 Å². The number of amides is 1. The average molecular weight is 325 g/mol. The molecule has 3 aromatic rings. The van der Waals surface area contributed by atoms with Crippen molar-refractivity contribution < 1.29 is 18.0 Å². The van der Waals surface area contributed by atoms with Gasteiger partial charge in [0.1, 0.15) is 5.76 Å². The fraction of sp³-hybridized carbons (Fsp3) is 0. The SMILES string of the molecule is O=C(Nc1ccc(F)c(F)c1)/C(=C\c1ccco1)c1ccccc1. The van der Waals surface area contributed by atoms with Gasteiger partial charge in [0.2, 0.25) is 0 Å². The van der Waals surface area contributed by atoms with E-state index in [2.05, 4.69) is 5.32 Å². The average Bonchev–Trinajstić information content (AvgIpc) is 3.10. The molecule has 24 heavy (non-hydrogen) atoms. The number of carbonyl (C=O) groups excluding carboxylic acids is 1. The van der Waals surface area contributed by atoms with Crippen molar-refractivity contribution in [3.8, 4) is 0 Å². The third-order valence-electron chi connectivity index (χ3n) is 3.34. The van der Waals surface area contributed by atoms with Crippen LogP contribution in [-0.4, -0.2) is 5.91 Å². The third kappa shape index (κ3) is 3.57. The van der Waals surface area contributed by atoms with E-state index in [0.29, 0.717) is 16.9 Å². The van der Waals surface area contributed by atoms with Crippen LogP contribution in [0, 0.1) is 11.6 Å². The molecule has 3 rings (SSSR count). The van der Waals surface area contributed by atoms with Crippen molar-refractivity contribution in [1.29, 1.82) is 0 Å². The Morgan fingerprint density at radius 2 is 1.75 bits per heavy atom. The Balaban J connectivity index is 1.93. The molecule has 1 aromatic heterocycles. The van der Waals surface area contributed by atoms with Crippen LogP contribution in [0.3, 0.4) is 0 Å². The summed E-state index contributed by atoms with van der Waals surface area (Å²) in [5.41, 5.74) is 1.18. The molecule has 1 heterocycles. The van der Waals surface area contributed by atoms with E-state index in [-0.39, 0.29) is 5.69 Å². The van der Waals surface area contributed by atoms with Crippen molar-refractivity contribution in [2.45, 2.75) is 0 Å². The van der Waals surface area contributed by atoms with Gasteiger partial charge in [-0.3, -0.25) is 4.79 Å². The second-order valence-corrected chi connectivity index (χ2v) is 5.02. The molecule has 0 aliphatic heterocycles. The second kappa shape index (κ2) is 6.91. The molecule has 5 heteroatoms. The molecule has 0 saturated heterocycles. The summed E-state index contributed by atoms with van der Waals surface area (Å²) in [5.74, 6) is -1.94. The maximum Gasteiger partial charge on any atom is 0.256 e. The number of carbonyl (C=O) groups is 1. The van der Waals surface area contributed by atoms with Gasteiger partial charge < -0.3 is 9.73 Å². The minimum absolute atomic E-state index is 0.167. The Kier molecular flexibility index (Phi) is 4.52. The van der Waals surface area contributed by atoms with Crippen LogP contribution in [0.1, 0.15) is 11.3 Å². The van der Waals surface area contributed by atoms with Gasteiger partial charge in [-0.05, 0) is 35.9 Å². The summed E-state index contributed by atoms with van der Waals surface area (Å²) in [6.45, 7) is 0. The minimum atomic E-state index is -1.02. The van der Waals surface area contributed by atoms with Crippen molar-refractivity contribution in [3.63, 3.8) is 0 Å². The van der Waals surface area contributed by atoms with Gasteiger partial charge in [-0.2, -0.15) is 0 Å². The zero-order chi connectivity index (χ0) is 16.9. The van der Waals surface area contributed by atoms with E-state index < -0.39 is 17.5 Å². The van der Waals surface area contributed by atoms with Crippen LogP contribution in [0.5, 0.6) is 0 Å². The summed E-state index contributed by atoms with van der Waals surface area (Å²) >= 11 is 0. The van der Waals surface area contributed by atoms with E-state index in [4.69, 9.17) is 4.42 Å². The second-order valence-electron chi connectivity index (χ2n) is 5.02. The number of rotatable bonds is 4. The lowest BCUT2D eigenvalue weighted by molar-refractivity contribution is -0.111. The first-order chi connectivity index (χ1) is 11.6. The van der Waals surface area contributed by atoms with Gasteiger partial charge in [0.15, 0.2) is 11.6 Å². The lowest BCUT2D eigenvalue weighted by atomic mass is 10.0. The van der Waals surface area contributed by atoms with Crippen LogP contribution in [0.15, 0.2) is 71.3 Å².